The molecular weight excluding hydrogens is 250 g/mol. The van der Waals surface area contributed by atoms with Gasteiger partial charge >= 0.3 is 0 Å². The van der Waals surface area contributed by atoms with Crippen molar-refractivity contribution in [2.24, 2.45) is 16.2 Å². The van der Waals surface area contributed by atoms with Gasteiger partial charge in [-0.2, -0.15) is 21.0 Å². The van der Waals surface area contributed by atoms with Gasteiger partial charge in [0, 0.05) is 16.5 Å². The smallest absolute Gasteiger partial charge is 0.184 e. The zero-order chi connectivity index (χ0) is 15.4. The van der Waals surface area contributed by atoms with E-state index in [1.54, 1.807) is 0 Å². The first-order valence-corrected chi connectivity index (χ1v) is 6.56. The van der Waals surface area contributed by atoms with E-state index in [4.69, 9.17) is 0 Å². The molecule has 0 aromatic heterocycles. The van der Waals surface area contributed by atoms with E-state index in [-0.39, 0.29) is 11.1 Å². The summed E-state index contributed by atoms with van der Waals surface area (Å²) in [6.45, 7) is 7.92. The summed E-state index contributed by atoms with van der Waals surface area (Å²) in [6.07, 6.45) is 0.928. The van der Waals surface area contributed by atoms with Crippen molar-refractivity contribution in [3.05, 3.63) is 0 Å². The zero-order valence-electron chi connectivity index (χ0n) is 12.2. The van der Waals surface area contributed by atoms with Gasteiger partial charge in [-0.3, -0.25) is 0 Å². The molecule has 1 saturated carbocycles. The molecule has 5 nitrogen and oxygen atoms in total. The molecule has 0 aromatic rings. The molecule has 1 aliphatic carbocycles. The molecule has 1 spiro atoms. The van der Waals surface area contributed by atoms with Gasteiger partial charge in [0.1, 0.15) is 0 Å². The highest BCUT2D eigenvalue weighted by Crippen LogP contribution is 2.82. The number of nitrogens with one attached hydrogen (secondary N) is 1. The molecule has 20 heavy (non-hydrogen) atoms. The van der Waals surface area contributed by atoms with Gasteiger partial charge in [-0.25, -0.2) is 0 Å². The Hall–Kier alpha value is -2.08. The Kier molecular flexibility index (Phi) is 2.52. The normalized spacial score (nSPS) is 29.2. The lowest BCUT2D eigenvalue weighted by molar-refractivity contribution is 0.0938. The Morgan fingerprint density at radius 2 is 1.00 bits per heavy atom. The summed E-state index contributed by atoms with van der Waals surface area (Å²) in [5.74, 6) is 0. The third-order valence-electron chi connectivity index (χ3n) is 4.77. The summed E-state index contributed by atoms with van der Waals surface area (Å²) in [4.78, 5) is 0. The van der Waals surface area contributed by atoms with E-state index >= 15 is 0 Å². The topological polar surface area (TPSA) is 107 Å². The van der Waals surface area contributed by atoms with Gasteiger partial charge in [0.2, 0.25) is 0 Å². The molecule has 102 valence electrons. The van der Waals surface area contributed by atoms with Crippen LogP contribution in [0.15, 0.2) is 0 Å². The quantitative estimate of drug-likeness (QED) is 0.722. The Bertz CT molecular complexity index is 545. The van der Waals surface area contributed by atoms with Gasteiger partial charge in [0.25, 0.3) is 0 Å². The molecule has 0 radical (unpaired) electrons. The average molecular weight is 267 g/mol. The monoisotopic (exact) mass is 267 g/mol. The number of nitrogens with zero attached hydrogens (tertiary/aromatic N) is 4. The lowest BCUT2D eigenvalue weighted by Gasteiger charge is -2.47. The van der Waals surface area contributed by atoms with Crippen LogP contribution in [-0.4, -0.2) is 11.1 Å². The van der Waals surface area contributed by atoms with Gasteiger partial charge < -0.3 is 5.32 Å². The van der Waals surface area contributed by atoms with Crippen LogP contribution in [0.2, 0.25) is 0 Å². The fourth-order valence-corrected chi connectivity index (χ4v) is 4.61. The first kappa shape index (κ1) is 14.3. The van der Waals surface area contributed by atoms with E-state index in [2.05, 4.69) is 5.32 Å². The highest BCUT2D eigenvalue weighted by molar-refractivity contribution is 5.57. The average Bonchev–Trinajstić information content (AvgIpc) is 2.78. The Morgan fingerprint density at radius 3 is 1.25 bits per heavy atom. The van der Waals surface area contributed by atoms with Crippen LogP contribution in [0.1, 0.15) is 40.5 Å². The van der Waals surface area contributed by atoms with Gasteiger partial charge in [-0.1, -0.05) is 0 Å². The molecule has 0 aromatic carbocycles. The SMILES string of the molecule is CC1(C)CC2(CC(C)(C)N1)C(C#N)(C#N)C2(C#N)C#N. The molecule has 5 heteroatoms. The predicted octanol–water partition coefficient (Wildman–Crippen LogP) is 1.99. The lowest BCUT2D eigenvalue weighted by Crippen LogP contribution is -2.59. The van der Waals surface area contributed by atoms with Crippen molar-refractivity contribution in [1.82, 2.24) is 5.32 Å². The van der Waals surface area contributed by atoms with E-state index in [1.807, 2.05) is 52.0 Å². The van der Waals surface area contributed by atoms with Crippen LogP contribution in [0.25, 0.3) is 0 Å². The van der Waals surface area contributed by atoms with Crippen molar-refractivity contribution in [1.29, 1.82) is 21.0 Å². The number of hydrogen-bond acceptors (Lipinski definition) is 5. The summed E-state index contributed by atoms with van der Waals surface area (Å²) >= 11 is 0. The van der Waals surface area contributed by atoms with Crippen LogP contribution in [-0.2, 0) is 0 Å². The molecule has 2 rings (SSSR count). The first-order chi connectivity index (χ1) is 9.11. The maximum Gasteiger partial charge on any atom is 0.184 e. The predicted molar refractivity (Wildman–Crippen MR) is 70.3 cm³/mol. The Labute approximate surface area is 119 Å². The molecule has 0 amide bonds. The van der Waals surface area contributed by atoms with Gasteiger partial charge in [0.15, 0.2) is 10.8 Å². The standard InChI is InChI=1S/C15H17N5/c1-11(2)5-13(6-12(3,4)20-11)14(7-16,8-17)15(13,9-18)10-19/h20H,5-6H2,1-4H3. The Morgan fingerprint density at radius 1 is 0.700 bits per heavy atom. The van der Waals surface area contributed by atoms with Crippen LogP contribution in [0, 0.1) is 61.6 Å². The second-order valence-corrected chi connectivity index (χ2v) is 7.28. The molecule has 0 atom stereocenters. The summed E-state index contributed by atoms with van der Waals surface area (Å²) in [7, 11) is 0. The van der Waals surface area contributed by atoms with E-state index in [9.17, 15) is 21.0 Å². The molecule has 2 fully saturated rings. The molecule has 1 heterocycles. The number of piperidine rings is 1. The van der Waals surface area contributed by atoms with Gasteiger partial charge in [-0.05, 0) is 40.5 Å². The Balaban J connectivity index is 2.68. The van der Waals surface area contributed by atoms with Crippen LogP contribution < -0.4 is 5.32 Å². The van der Waals surface area contributed by atoms with Crippen LogP contribution in [0.4, 0.5) is 0 Å². The maximum atomic E-state index is 9.52. The second kappa shape index (κ2) is 3.52. The lowest BCUT2D eigenvalue weighted by atomic mass is 9.69. The third kappa shape index (κ3) is 1.27. The maximum absolute atomic E-state index is 9.52. The highest BCUT2D eigenvalue weighted by Gasteiger charge is 2.92. The van der Waals surface area contributed by atoms with E-state index in [0.29, 0.717) is 12.8 Å². The first-order valence-electron chi connectivity index (χ1n) is 6.56. The minimum atomic E-state index is -1.53. The summed E-state index contributed by atoms with van der Waals surface area (Å²) in [5.41, 5.74) is -4.61. The van der Waals surface area contributed by atoms with Crippen molar-refractivity contribution in [3.8, 4) is 24.3 Å². The fraction of sp³-hybridized carbons (Fsp3) is 0.733. The largest absolute Gasteiger partial charge is 0.307 e. The van der Waals surface area contributed by atoms with Crippen LogP contribution in [0.3, 0.4) is 0 Å². The molecule has 2 aliphatic rings. The fourth-order valence-electron chi connectivity index (χ4n) is 4.61. The van der Waals surface area contributed by atoms with Crippen molar-refractivity contribution in [2.75, 3.05) is 0 Å². The van der Waals surface area contributed by atoms with Crippen molar-refractivity contribution < 1.29 is 0 Å². The zero-order valence-corrected chi connectivity index (χ0v) is 12.2. The molecule has 1 aliphatic heterocycles. The molecule has 0 bridgehead atoms. The summed E-state index contributed by atoms with van der Waals surface area (Å²) in [6, 6.07) is 7.99. The van der Waals surface area contributed by atoms with Crippen molar-refractivity contribution >= 4 is 0 Å². The number of nitriles is 4. The minimum absolute atomic E-state index is 0.337. The molecular formula is C15H17N5. The summed E-state index contributed by atoms with van der Waals surface area (Å²) in [5, 5.41) is 41.5. The highest BCUT2D eigenvalue weighted by atomic mass is 15.1. The third-order valence-corrected chi connectivity index (χ3v) is 4.77. The molecule has 1 N–H and O–H groups in total. The van der Waals surface area contributed by atoms with Crippen LogP contribution in [0.5, 0.6) is 0 Å². The second-order valence-electron chi connectivity index (χ2n) is 7.28. The number of hydrogen-bond donors (Lipinski definition) is 1. The summed E-state index contributed by atoms with van der Waals surface area (Å²) < 4.78 is 0. The van der Waals surface area contributed by atoms with E-state index in [1.165, 1.54) is 0 Å². The minimum Gasteiger partial charge on any atom is -0.307 e. The number of rotatable bonds is 0. The van der Waals surface area contributed by atoms with Gasteiger partial charge in [-0.15, -0.1) is 0 Å². The van der Waals surface area contributed by atoms with Gasteiger partial charge in [0.05, 0.1) is 24.3 Å². The van der Waals surface area contributed by atoms with Crippen molar-refractivity contribution in [3.63, 3.8) is 0 Å². The van der Waals surface area contributed by atoms with E-state index < -0.39 is 16.2 Å². The van der Waals surface area contributed by atoms with E-state index in [0.717, 1.165) is 0 Å². The molecule has 1 saturated heterocycles. The van der Waals surface area contributed by atoms with Crippen LogP contribution >= 0.6 is 0 Å². The van der Waals surface area contributed by atoms with Crippen molar-refractivity contribution in [2.45, 2.75) is 51.6 Å². The molecule has 0 unspecified atom stereocenters.